The van der Waals surface area contributed by atoms with Gasteiger partial charge in [0.15, 0.2) is 17.3 Å². The molecule has 3 aliphatic rings. The number of hydrogen-bond donors (Lipinski definition) is 0. The predicted octanol–water partition coefficient (Wildman–Crippen LogP) is 1.07. The number of carbonyl (C=O) groups is 2. The zero-order chi connectivity index (χ0) is 21.3. The number of likely N-dealkylation sites (N-methyl/N-ethyl adjacent to an activating group) is 2. The van der Waals surface area contributed by atoms with E-state index in [9.17, 15) is 9.59 Å². The number of ether oxygens (including phenoxy) is 4. The number of ketones is 1. The smallest absolute Gasteiger partial charge is 0.410 e. The van der Waals surface area contributed by atoms with Crippen LogP contribution in [0.5, 0.6) is 11.5 Å². The minimum Gasteiger partial charge on any atom is -0.454 e. The molecule has 0 radical (unpaired) electrons. The molecule has 2 fully saturated rings. The minimum absolute atomic E-state index is 0.0356. The quantitative estimate of drug-likeness (QED) is 0.634. The van der Waals surface area contributed by atoms with E-state index in [4.69, 9.17) is 18.9 Å². The fraction of sp³-hybridized carbons (Fsp3) is 0.619. The van der Waals surface area contributed by atoms with Crippen molar-refractivity contribution in [3.63, 3.8) is 0 Å². The van der Waals surface area contributed by atoms with Crippen LogP contribution in [-0.4, -0.2) is 105 Å². The molecular weight excluding hydrogens is 390 g/mol. The van der Waals surface area contributed by atoms with Crippen LogP contribution < -0.4 is 9.47 Å². The Morgan fingerprint density at radius 2 is 2.00 bits per heavy atom. The second-order valence-corrected chi connectivity index (χ2v) is 8.28. The Morgan fingerprint density at radius 1 is 1.23 bits per heavy atom. The van der Waals surface area contributed by atoms with Gasteiger partial charge in [-0.1, -0.05) is 0 Å². The van der Waals surface area contributed by atoms with Crippen molar-refractivity contribution in [1.29, 1.82) is 0 Å². The maximum atomic E-state index is 12.8. The first-order valence-electron chi connectivity index (χ1n) is 10.2. The lowest BCUT2D eigenvalue weighted by Crippen LogP contribution is -2.71. The average molecular weight is 419 g/mol. The second kappa shape index (κ2) is 8.41. The van der Waals surface area contributed by atoms with Gasteiger partial charge in [0.2, 0.25) is 6.79 Å². The third-order valence-corrected chi connectivity index (χ3v) is 6.22. The van der Waals surface area contributed by atoms with Crippen molar-refractivity contribution < 1.29 is 28.5 Å². The Balaban J connectivity index is 1.28. The van der Waals surface area contributed by atoms with Gasteiger partial charge in [-0.3, -0.25) is 9.69 Å². The van der Waals surface area contributed by atoms with Crippen molar-refractivity contribution in [2.24, 2.45) is 0 Å². The maximum Gasteiger partial charge on any atom is 0.410 e. The Morgan fingerprint density at radius 3 is 2.73 bits per heavy atom. The second-order valence-electron chi connectivity index (χ2n) is 8.28. The molecule has 1 aromatic rings. The first-order chi connectivity index (χ1) is 14.4. The third kappa shape index (κ3) is 3.97. The highest BCUT2D eigenvalue weighted by molar-refractivity contribution is 6.01. The van der Waals surface area contributed by atoms with Gasteiger partial charge in [0.25, 0.3) is 0 Å². The zero-order valence-electron chi connectivity index (χ0n) is 17.8. The molecule has 0 saturated carbocycles. The van der Waals surface area contributed by atoms with Crippen LogP contribution in [0.2, 0.25) is 0 Å². The fourth-order valence-corrected chi connectivity index (χ4v) is 4.14. The molecule has 3 aliphatic heterocycles. The van der Waals surface area contributed by atoms with Crippen LogP contribution in [0.25, 0.3) is 0 Å². The lowest BCUT2D eigenvalue weighted by atomic mass is 9.92. The van der Waals surface area contributed by atoms with Gasteiger partial charge in [-0.05, 0) is 32.2 Å². The lowest BCUT2D eigenvalue weighted by Gasteiger charge is -2.54. The topological polar surface area (TPSA) is 80.8 Å². The van der Waals surface area contributed by atoms with E-state index in [-0.39, 0.29) is 24.7 Å². The Kier molecular flexibility index (Phi) is 5.86. The number of carbonyl (C=O) groups excluding carboxylic acids is 2. The summed E-state index contributed by atoms with van der Waals surface area (Å²) in [4.78, 5) is 31.3. The number of benzene rings is 1. The van der Waals surface area contributed by atoms with E-state index in [0.717, 1.165) is 19.6 Å². The summed E-state index contributed by atoms with van der Waals surface area (Å²) in [7, 11) is 3.69. The van der Waals surface area contributed by atoms with Crippen LogP contribution >= 0.6 is 0 Å². The molecule has 0 N–H and O–H groups in total. The molecule has 0 bridgehead atoms. The molecule has 30 heavy (non-hydrogen) atoms. The van der Waals surface area contributed by atoms with Crippen LogP contribution in [0, 0.1) is 0 Å². The summed E-state index contributed by atoms with van der Waals surface area (Å²) in [5, 5.41) is 0. The number of piperazine rings is 1. The van der Waals surface area contributed by atoms with Crippen molar-refractivity contribution in [3.05, 3.63) is 23.8 Å². The van der Waals surface area contributed by atoms with Gasteiger partial charge in [-0.25, -0.2) is 4.79 Å². The third-order valence-electron chi connectivity index (χ3n) is 6.22. The summed E-state index contributed by atoms with van der Waals surface area (Å²) in [5.41, 5.74) is 0.504. The van der Waals surface area contributed by atoms with Gasteiger partial charge in [0.1, 0.15) is 6.61 Å². The molecule has 1 amide bonds. The first kappa shape index (κ1) is 20.9. The molecule has 1 aromatic carbocycles. The molecule has 2 saturated heterocycles. The normalized spacial score (nSPS) is 21.2. The standard InChI is InChI=1S/C21H29N3O6/c1-15(19(25)16-4-5-17-18(10-16)30-14-29-17)23(3)20(26)28-9-8-24-7-6-22(2)11-21(24)12-27-13-21/h4-5,10,15H,6-9,11-14H2,1-3H3/t15-/m1/s1. The molecule has 0 aliphatic carbocycles. The highest BCUT2D eigenvalue weighted by atomic mass is 16.7. The van der Waals surface area contributed by atoms with E-state index in [0.29, 0.717) is 36.8 Å². The molecule has 3 heterocycles. The van der Waals surface area contributed by atoms with Gasteiger partial charge >= 0.3 is 6.09 Å². The van der Waals surface area contributed by atoms with Crippen molar-refractivity contribution in [1.82, 2.24) is 14.7 Å². The summed E-state index contributed by atoms with van der Waals surface area (Å²) >= 11 is 0. The predicted molar refractivity (Wildman–Crippen MR) is 108 cm³/mol. The number of Topliss-reactive ketones (excluding diaryl/α,β-unsaturated/α-hetero) is 1. The number of rotatable bonds is 6. The Hall–Kier alpha value is -2.36. The van der Waals surface area contributed by atoms with Crippen molar-refractivity contribution in [2.75, 3.05) is 66.9 Å². The van der Waals surface area contributed by atoms with E-state index in [1.807, 2.05) is 0 Å². The summed E-state index contributed by atoms with van der Waals surface area (Å²) in [6, 6.07) is 4.37. The van der Waals surface area contributed by atoms with E-state index in [2.05, 4.69) is 16.8 Å². The van der Waals surface area contributed by atoms with E-state index in [1.165, 1.54) is 4.90 Å². The fourth-order valence-electron chi connectivity index (χ4n) is 4.14. The Labute approximate surface area is 176 Å². The number of nitrogens with zero attached hydrogens (tertiary/aromatic N) is 3. The average Bonchev–Trinajstić information content (AvgIpc) is 3.19. The zero-order valence-corrected chi connectivity index (χ0v) is 17.8. The number of hydrogen-bond acceptors (Lipinski definition) is 8. The lowest BCUT2D eigenvalue weighted by molar-refractivity contribution is -0.168. The van der Waals surface area contributed by atoms with E-state index >= 15 is 0 Å². The van der Waals surface area contributed by atoms with E-state index in [1.54, 1.807) is 32.2 Å². The van der Waals surface area contributed by atoms with Crippen LogP contribution in [0.15, 0.2) is 18.2 Å². The molecule has 9 nitrogen and oxygen atoms in total. The van der Waals surface area contributed by atoms with Gasteiger partial charge in [0, 0.05) is 38.8 Å². The summed E-state index contributed by atoms with van der Waals surface area (Å²) in [5.74, 6) is 0.974. The molecule has 1 spiro atoms. The molecule has 9 heteroatoms. The maximum absolute atomic E-state index is 12.8. The molecule has 1 atom stereocenters. The van der Waals surface area contributed by atoms with Crippen molar-refractivity contribution in [3.8, 4) is 11.5 Å². The van der Waals surface area contributed by atoms with Crippen LogP contribution in [0.4, 0.5) is 4.79 Å². The molecular formula is C21H29N3O6. The molecule has 4 rings (SSSR count). The minimum atomic E-state index is -0.659. The molecule has 0 aromatic heterocycles. The highest BCUT2D eigenvalue weighted by Gasteiger charge is 2.46. The van der Waals surface area contributed by atoms with Gasteiger partial charge in [-0.2, -0.15) is 0 Å². The van der Waals surface area contributed by atoms with Crippen LogP contribution in [-0.2, 0) is 9.47 Å². The molecule has 164 valence electrons. The Bertz CT molecular complexity index is 812. The number of fused-ring (bicyclic) bond motifs is 1. The summed E-state index contributed by atoms with van der Waals surface area (Å²) < 4.78 is 21.5. The van der Waals surface area contributed by atoms with Gasteiger partial charge in [0.05, 0.1) is 24.8 Å². The largest absolute Gasteiger partial charge is 0.454 e. The van der Waals surface area contributed by atoms with Gasteiger partial charge < -0.3 is 28.7 Å². The first-order valence-corrected chi connectivity index (χ1v) is 10.2. The summed E-state index contributed by atoms with van der Waals surface area (Å²) in [6.07, 6.45) is -0.510. The number of amides is 1. The SMILES string of the molecule is C[C@H](C(=O)c1ccc2c(c1)OCO2)N(C)C(=O)OCCN1CCN(C)CC12COC2. The monoisotopic (exact) mass is 419 g/mol. The van der Waals surface area contributed by atoms with E-state index < -0.39 is 12.1 Å². The highest BCUT2D eigenvalue weighted by Crippen LogP contribution is 2.33. The summed E-state index contributed by atoms with van der Waals surface area (Å²) in [6.45, 7) is 7.06. The van der Waals surface area contributed by atoms with Crippen molar-refractivity contribution in [2.45, 2.75) is 18.5 Å². The molecule has 0 unspecified atom stereocenters. The van der Waals surface area contributed by atoms with Crippen LogP contribution in [0.1, 0.15) is 17.3 Å². The van der Waals surface area contributed by atoms with Crippen LogP contribution in [0.3, 0.4) is 0 Å². The van der Waals surface area contributed by atoms with Gasteiger partial charge in [-0.15, -0.1) is 0 Å². The van der Waals surface area contributed by atoms with Crippen molar-refractivity contribution >= 4 is 11.9 Å².